The lowest BCUT2D eigenvalue weighted by atomic mass is 9.35. The average molecular weight is 1010 g/mol. The molecule has 0 aromatic carbocycles. The Hall–Kier alpha value is -4.36. The Morgan fingerprint density at radius 1 is 0.634 bits per heavy atom. The quantitative estimate of drug-likeness (QED) is 0.0689. The molecule has 4 unspecified atom stereocenters. The summed E-state index contributed by atoms with van der Waals surface area (Å²) in [6, 6.07) is -1.41. The molecule has 0 amide bonds. The Balaban J connectivity index is 1.63. The average Bonchev–Trinajstić information content (AvgIpc) is 3.63. The summed E-state index contributed by atoms with van der Waals surface area (Å²) in [5, 5.41) is 3.01. The van der Waals surface area contributed by atoms with E-state index in [0.717, 1.165) is 46.5 Å². The van der Waals surface area contributed by atoms with Crippen LogP contribution in [0.25, 0.3) is 0 Å². The molecular weight excluding hydrogens is 927 g/mol. The van der Waals surface area contributed by atoms with E-state index in [1.807, 2.05) is 6.92 Å². The van der Waals surface area contributed by atoms with Crippen LogP contribution >= 0.6 is 0 Å². The van der Waals surface area contributed by atoms with E-state index < -0.39 is 108 Å². The number of hydrogen-bond donors (Lipinski definition) is 1. The summed E-state index contributed by atoms with van der Waals surface area (Å²) in [5.74, 6) is -5.75. The molecule has 0 radical (unpaired) electrons. The van der Waals surface area contributed by atoms with Crippen molar-refractivity contribution in [1.29, 1.82) is 0 Å². The van der Waals surface area contributed by atoms with E-state index in [4.69, 9.17) is 47.4 Å². The van der Waals surface area contributed by atoms with Crippen molar-refractivity contribution in [3.05, 3.63) is 0 Å². The highest BCUT2D eigenvalue weighted by Crippen LogP contribution is 2.76. The normalized spacial score (nSPS) is 35.7. The third-order valence-corrected chi connectivity index (χ3v) is 17.3. The van der Waals surface area contributed by atoms with Crippen LogP contribution < -0.4 is 5.32 Å². The number of carbonyl (C=O) groups is 8. The largest absolute Gasteiger partial charge is 0.464 e. The zero-order valence-corrected chi connectivity index (χ0v) is 44.5. The van der Waals surface area contributed by atoms with Gasteiger partial charge in [0.25, 0.3) is 0 Å². The lowest BCUT2D eigenvalue weighted by Gasteiger charge is -2.70. The molecule has 71 heavy (non-hydrogen) atoms. The fraction of sp³-hybridized carbons (Fsp3) is 0.846. The zero-order valence-electron chi connectivity index (χ0n) is 44.5. The molecular formula is C52H81NO18. The van der Waals surface area contributed by atoms with Crippen molar-refractivity contribution in [1.82, 2.24) is 5.32 Å². The van der Waals surface area contributed by atoms with Crippen LogP contribution in [0, 0.1) is 45.3 Å². The minimum atomic E-state index is -1.53. The molecule has 5 fully saturated rings. The van der Waals surface area contributed by atoms with Crippen molar-refractivity contribution in [2.75, 3.05) is 26.4 Å². The predicted molar refractivity (Wildman–Crippen MR) is 251 cm³/mol. The van der Waals surface area contributed by atoms with Gasteiger partial charge in [0.1, 0.15) is 24.9 Å². The van der Waals surface area contributed by atoms with Crippen LogP contribution in [0.3, 0.4) is 0 Å². The summed E-state index contributed by atoms with van der Waals surface area (Å²) in [6.45, 7) is 23.9. The third kappa shape index (κ3) is 12.0. The highest BCUT2D eigenvalue weighted by atomic mass is 16.7. The second kappa shape index (κ2) is 22.8. The molecule has 402 valence electrons. The van der Waals surface area contributed by atoms with E-state index in [9.17, 15) is 38.4 Å². The highest BCUT2D eigenvalue weighted by molar-refractivity contribution is 5.99. The molecule has 4 saturated carbocycles. The van der Waals surface area contributed by atoms with Gasteiger partial charge in [0.05, 0.1) is 18.8 Å². The molecule has 19 nitrogen and oxygen atoms in total. The van der Waals surface area contributed by atoms with E-state index in [1.54, 1.807) is 13.8 Å². The Morgan fingerprint density at radius 3 is 1.73 bits per heavy atom. The SMILES string of the molecule is CCOC(=O)C(NCCC[C@](C)(O[C@H]1O[C@H](COC(C)=O)[C@@H](OC(C)=O)[C@H](OC(C)=O)[C@H]1OC(C)=O)C1CC[C@]2(C)[C@@H]1C(OC(C)=O)CC1[C@@]3(C)CC[C@H](OC(C)=O)C(C)(C)C3CC[C@]12C)C(=O)OCC. The predicted octanol–water partition coefficient (Wildman–Crippen LogP) is 5.87. The highest BCUT2D eigenvalue weighted by Gasteiger charge is 2.73. The summed E-state index contributed by atoms with van der Waals surface area (Å²) >= 11 is 0. The smallest absolute Gasteiger partial charge is 0.334 e. The van der Waals surface area contributed by atoms with Gasteiger partial charge in [-0.05, 0) is 119 Å². The topological polar surface area (TPSA) is 241 Å². The molecule has 15 atom stereocenters. The molecule has 4 aliphatic carbocycles. The Bertz CT molecular complexity index is 1970. The maximum absolute atomic E-state index is 13.4. The molecule has 0 aromatic heterocycles. The first kappa shape index (κ1) is 57.5. The lowest BCUT2D eigenvalue weighted by Crippen LogP contribution is -2.67. The first-order chi connectivity index (χ1) is 33.1. The summed E-state index contributed by atoms with van der Waals surface area (Å²) in [7, 11) is 0. The molecule has 19 heteroatoms. The fourth-order valence-electron chi connectivity index (χ4n) is 14.4. The van der Waals surface area contributed by atoms with Gasteiger partial charge in [0.15, 0.2) is 24.6 Å². The van der Waals surface area contributed by atoms with E-state index in [2.05, 4.69) is 39.9 Å². The van der Waals surface area contributed by atoms with Gasteiger partial charge in [-0.3, -0.25) is 34.1 Å². The summed E-state index contributed by atoms with van der Waals surface area (Å²) < 4.78 is 59.5. The Kier molecular flexibility index (Phi) is 18.5. The standard InChI is InChI=1S/C52H81NO18/c1-15-62-45(60)41(46(61)63-16-2)53-25-17-21-52(14,71-47-44(69-33(8)59)43(68-32(7)58)42(67-31(6)57)36(70-47)27-64-28(3)54)34-18-23-51(13)40(34)35(65-29(4)55)26-38-49(11)22-20-39(66-30(5)56)48(9,10)37(49)19-24-50(38,51)12/h34-44,47,53H,15-27H2,1-14H3/t34?,35?,36-,37?,38?,39+,40+,42-,43+,44-,47-,49+,50-,51-,52+/m1/s1. The monoisotopic (exact) mass is 1010 g/mol. The van der Waals surface area contributed by atoms with Gasteiger partial charge in [-0.15, -0.1) is 0 Å². The van der Waals surface area contributed by atoms with Gasteiger partial charge in [-0.1, -0.05) is 34.6 Å². The van der Waals surface area contributed by atoms with Crippen molar-refractivity contribution in [2.45, 2.75) is 209 Å². The van der Waals surface area contributed by atoms with Gasteiger partial charge in [0, 0.05) is 52.9 Å². The minimum Gasteiger partial charge on any atom is -0.464 e. The van der Waals surface area contributed by atoms with E-state index >= 15 is 0 Å². The van der Waals surface area contributed by atoms with Crippen LogP contribution in [0.2, 0.25) is 0 Å². The summed E-state index contributed by atoms with van der Waals surface area (Å²) in [6.07, 6.45) is -2.39. The second-order valence-electron chi connectivity index (χ2n) is 22.0. The number of hydrogen-bond acceptors (Lipinski definition) is 19. The van der Waals surface area contributed by atoms with Gasteiger partial charge in [0.2, 0.25) is 6.04 Å². The van der Waals surface area contributed by atoms with Crippen molar-refractivity contribution in [3.8, 4) is 0 Å². The first-order valence-electron chi connectivity index (χ1n) is 25.5. The first-order valence-corrected chi connectivity index (χ1v) is 25.5. The summed E-state index contributed by atoms with van der Waals surface area (Å²) in [5.41, 5.74) is -2.52. The number of ether oxygens (including phenoxy) is 10. The van der Waals surface area contributed by atoms with Crippen LogP contribution in [-0.4, -0.2) is 129 Å². The maximum Gasteiger partial charge on any atom is 0.334 e. The van der Waals surface area contributed by atoms with E-state index in [0.29, 0.717) is 19.3 Å². The van der Waals surface area contributed by atoms with Crippen LogP contribution in [-0.2, 0) is 85.7 Å². The Labute approximate surface area is 418 Å². The molecule has 1 heterocycles. The number of esters is 8. The number of fused-ring (bicyclic) bond motifs is 5. The molecule has 1 N–H and O–H groups in total. The van der Waals surface area contributed by atoms with Crippen molar-refractivity contribution >= 4 is 47.8 Å². The van der Waals surface area contributed by atoms with Gasteiger partial charge >= 0.3 is 47.8 Å². The van der Waals surface area contributed by atoms with Crippen molar-refractivity contribution < 1.29 is 85.7 Å². The number of nitrogens with one attached hydrogen (secondary N) is 1. The fourth-order valence-corrected chi connectivity index (χ4v) is 14.4. The molecule has 0 aromatic rings. The van der Waals surface area contributed by atoms with Gasteiger partial charge in [-0.25, -0.2) is 9.59 Å². The second-order valence-corrected chi connectivity index (χ2v) is 22.0. The molecule has 5 rings (SSSR count). The summed E-state index contributed by atoms with van der Waals surface area (Å²) in [4.78, 5) is 102. The molecule has 1 saturated heterocycles. The van der Waals surface area contributed by atoms with Crippen LogP contribution in [0.5, 0.6) is 0 Å². The van der Waals surface area contributed by atoms with Crippen LogP contribution in [0.4, 0.5) is 0 Å². The number of carbonyl (C=O) groups excluding carboxylic acids is 8. The maximum atomic E-state index is 13.4. The van der Waals surface area contributed by atoms with E-state index in [-0.39, 0.29) is 78.7 Å². The van der Waals surface area contributed by atoms with Gasteiger partial charge < -0.3 is 47.4 Å². The number of rotatable bonds is 19. The van der Waals surface area contributed by atoms with Gasteiger partial charge in [-0.2, -0.15) is 0 Å². The van der Waals surface area contributed by atoms with Crippen LogP contribution in [0.1, 0.15) is 155 Å². The molecule has 5 aliphatic rings. The van der Waals surface area contributed by atoms with Crippen molar-refractivity contribution in [2.24, 2.45) is 45.3 Å². The Morgan fingerprint density at radius 2 is 1.18 bits per heavy atom. The molecule has 0 spiro atoms. The zero-order chi connectivity index (χ0) is 53.0. The molecule has 0 bridgehead atoms. The van der Waals surface area contributed by atoms with Crippen molar-refractivity contribution in [3.63, 3.8) is 0 Å². The molecule has 1 aliphatic heterocycles. The van der Waals surface area contributed by atoms with E-state index in [1.165, 1.54) is 20.8 Å². The van der Waals surface area contributed by atoms with Crippen LogP contribution in [0.15, 0.2) is 0 Å². The lowest BCUT2D eigenvalue weighted by molar-refractivity contribution is -0.339. The minimum absolute atomic E-state index is 0.0375. The third-order valence-electron chi connectivity index (χ3n) is 17.3.